The molecule has 0 saturated heterocycles. The van der Waals surface area contributed by atoms with E-state index >= 15 is 0 Å². The average molecular weight is 156 g/mol. The number of aryl methyl sites for hydroxylation is 1. The second kappa shape index (κ2) is 3.71. The third-order valence-electron chi connectivity index (χ3n) is 1.29. The van der Waals surface area contributed by atoms with E-state index in [1.54, 1.807) is 0 Å². The van der Waals surface area contributed by atoms with Crippen LogP contribution in [0.1, 0.15) is 19.6 Å². The van der Waals surface area contributed by atoms with Crippen molar-refractivity contribution in [1.29, 1.82) is 0 Å². The highest BCUT2D eigenvalue weighted by Gasteiger charge is 1.97. The number of furan rings is 1. The molecule has 0 atom stereocenters. The maximum absolute atomic E-state index is 5.25. The average Bonchev–Trinajstić information content (AvgIpc) is 2.37. The van der Waals surface area contributed by atoms with Gasteiger partial charge in [-0.3, -0.25) is 0 Å². The van der Waals surface area contributed by atoms with Gasteiger partial charge in [-0.1, -0.05) is 13.8 Å². The molecule has 0 aromatic carbocycles. The Balaban J connectivity index is 2.59. The molecule has 10 heavy (non-hydrogen) atoms. The number of hydrogen-bond acceptors (Lipinski definition) is 2. The van der Waals surface area contributed by atoms with E-state index in [1.807, 2.05) is 18.0 Å². The lowest BCUT2D eigenvalue weighted by Gasteiger charge is -1.85. The van der Waals surface area contributed by atoms with E-state index in [0.29, 0.717) is 0 Å². The van der Waals surface area contributed by atoms with Crippen molar-refractivity contribution in [3.63, 3.8) is 0 Å². The first-order chi connectivity index (χ1) is 4.86. The zero-order valence-corrected chi connectivity index (χ0v) is 7.20. The van der Waals surface area contributed by atoms with Crippen molar-refractivity contribution in [3.8, 4) is 0 Å². The standard InChI is InChI=1S/C8H12OS/c1-3-7-5-8(6-9-7)10-4-2/h5-6H,3-4H2,1-2H3. The summed E-state index contributed by atoms with van der Waals surface area (Å²) >= 11 is 1.82. The Kier molecular flexibility index (Phi) is 2.87. The van der Waals surface area contributed by atoms with E-state index in [2.05, 4.69) is 19.9 Å². The molecule has 0 spiro atoms. The molecular weight excluding hydrogens is 144 g/mol. The number of thioether (sulfide) groups is 1. The van der Waals surface area contributed by atoms with E-state index < -0.39 is 0 Å². The maximum atomic E-state index is 5.25. The van der Waals surface area contributed by atoms with Gasteiger partial charge < -0.3 is 4.42 Å². The van der Waals surface area contributed by atoms with Crippen LogP contribution in [-0.2, 0) is 6.42 Å². The van der Waals surface area contributed by atoms with Crippen molar-refractivity contribution in [2.75, 3.05) is 5.75 Å². The van der Waals surface area contributed by atoms with Gasteiger partial charge in [0.05, 0.1) is 0 Å². The minimum absolute atomic E-state index is 0.990. The lowest BCUT2D eigenvalue weighted by molar-refractivity contribution is 0.512. The minimum atomic E-state index is 0.990. The van der Waals surface area contributed by atoms with Gasteiger partial charge in [0.1, 0.15) is 12.0 Å². The van der Waals surface area contributed by atoms with Crippen molar-refractivity contribution in [3.05, 3.63) is 18.1 Å². The van der Waals surface area contributed by atoms with Crippen LogP contribution in [0.4, 0.5) is 0 Å². The highest BCUT2D eigenvalue weighted by Crippen LogP contribution is 2.20. The molecular formula is C8H12OS. The molecule has 0 aliphatic rings. The van der Waals surface area contributed by atoms with Crippen molar-refractivity contribution < 1.29 is 4.42 Å². The van der Waals surface area contributed by atoms with Gasteiger partial charge in [-0.25, -0.2) is 0 Å². The molecule has 2 heteroatoms. The van der Waals surface area contributed by atoms with E-state index in [0.717, 1.165) is 17.9 Å². The smallest absolute Gasteiger partial charge is 0.104 e. The molecule has 0 amide bonds. The first kappa shape index (κ1) is 7.73. The molecule has 1 heterocycles. The molecule has 1 nitrogen and oxygen atoms in total. The summed E-state index contributed by atoms with van der Waals surface area (Å²) < 4.78 is 5.25. The van der Waals surface area contributed by atoms with Gasteiger partial charge in [-0.2, -0.15) is 0 Å². The highest BCUT2D eigenvalue weighted by atomic mass is 32.2. The summed E-state index contributed by atoms with van der Waals surface area (Å²) in [4.78, 5) is 1.25. The topological polar surface area (TPSA) is 13.1 Å². The summed E-state index contributed by atoms with van der Waals surface area (Å²) in [6.45, 7) is 4.24. The first-order valence-electron chi connectivity index (χ1n) is 3.57. The van der Waals surface area contributed by atoms with Crippen LogP contribution in [0.15, 0.2) is 21.6 Å². The summed E-state index contributed by atoms with van der Waals surface area (Å²) in [5.74, 6) is 2.19. The third-order valence-corrected chi connectivity index (χ3v) is 2.13. The summed E-state index contributed by atoms with van der Waals surface area (Å²) in [6, 6.07) is 2.11. The monoisotopic (exact) mass is 156 g/mol. The Morgan fingerprint density at radius 1 is 1.50 bits per heavy atom. The SMILES string of the molecule is CCSc1coc(CC)c1. The van der Waals surface area contributed by atoms with Gasteiger partial charge in [0, 0.05) is 11.3 Å². The molecule has 0 saturated carbocycles. The molecule has 1 aromatic heterocycles. The first-order valence-corrected chi connectivity index (χ1v) is 4.55. The quantitative estimate of drug-likeness (QED) is 0.624. The van der Waals surface area contributed by atoms with E-state index in [4.69, 9.17) is 4.42 Å². The molecule has 0 radical (unpaired) electrons. The van der Waals surface area contributed by atoms with Crippen LogP contribution in [-0.4, -0.2) is 5.75 Å². The van der Waals surface area contributed by atoms with Crippen molar-refractivity contribution in [1.82, 2.24) is 0 Å². The van der Waals surface area contributed by atoms with Crippen molar-refractivity contribution in [2.45, 2.75) is 25.2 Å². The minimum Gasteiger partial charge on any atom is -0.468 e. The summed E-state index contributed by atoms with van der Waals surface area (Å²) in [5, 5.41) is 0. The predicted octanol–water partition coefficient (Wildman–Crippen LogP) is 2.95. The Hall–Kier alpha value is -0.370. The largest absolute Gasteiger partial charge is 0.468 e. The molecule has 1 rings (SSSR count). The van der Waals surface area contributed by atoms with Gasteiger partial charge >= 0.3 is 0 Å². The Morgan fingerprint density at radius 3 is 2.80 bits per heavy atom. The molecule has 0 unspecified atom stereocenters. The maximum Gasteiger partial charge on any atom is 0.104 e. The zero-order chi connectivity index (χ0) is 7.40. The molecule has 0 aliphatic heterocycles. The van der Waals surface area contributed by atoms with Crippen LogP contribution < -0.4 is 0 Å². The van der Waals surface area contributed by atoms with Crippen LogP contribution in [0.5, 0.6) is 0 Å². The van der Waals surface area contributed by atoms with Crippen LogP contribution in [0.25, 0.3) is 0 Å². The number of hydrogen-bond donors (Lipinski definition) is 0. The van der Waals surface area contributed by atoms with Crippen LogP contribution in [0.3, 0.4) is 0 Å². The Bertz CT molecular complexity index is 193. The van der Waals surface area contributed by atoms with Gasteiger partial charge in [0.2, 0.25) is 0 Å². The lowest BCUT2D eigenvalue weighted by atomic mass is 10.4. The highest BCUT2D eigenvalue weighted by molar-refractivity contribution is 7.99. The molecule has 1 aromatic rings. The van der Waals surface area contributed by atoms with Crippen LogP contribution in [0.2, 0.25) is 0 Å². The summed E-state index contributed by atoms with van der Waals surface area (Å²) in [7, 11) is 0. The van der Waals surface area contributed by atoms with E-state index in [9.17, 15) is 0 Å². The molecule has 0 N–H and O–H groups in total. The van der Waals surface area contributed by atoms with Crippen LogP contribution >= 0.6 is 11.8 Å². The van der Waals surface area contributed by atoms with E-state index in [-0.39, 0.29) is 0 Å². The molecule has 0 aliphatic carbocycles. The fourth-order valence-corrected chi connectivity index (χ4v) is 1.45. The van der Waals surface area contributed by atoms with Crippen LogP contribution in [0, 0.1) is 0 Å². The Labute approximate surface area is 65.8 Å². The van der Waals surface area contributed by atoms with Crippen molar-refractivity contribution in [2.24, 2.45) is 0 Å². The van der Waals surface area contributed by atoms with Gasteiger partial charge in [0.25, 0.3) is 0 Å². The second-order valence-corrected chi connectivity index (χ2v) is 3.37. The van der Waals surface area contributed by atoms with Crippen molar-refractivity contribution >= 4 is 11.8 Å². The molecule has 0 bridgehead atoms. The summed E-state index contributed by atoms with van der Waals surface area (Å²) in [6.07, 6.45) is 2.82. The molecule has 56 valence electrons. The molecule has 0 fully saturated rings. The van der Waals surface area contributed by atoms with Gasteiger partial charge in [-0.15, -0.1) is 11.8 Å². The second-order valence-electron chi connectivity index (χ2n) is 2.04. The zero-order valence-electron chi connectivity index (χ0n) is 6.39. The summed E-state index contributed by atoms with van der Waals surface area (Å²) in [5.41, 5.74) is 0. The van der Waals surface area contributed by atoms with Gasteiger partial charge in [0.15, 0.2) is 0 Å². The fraction of sp³-hybridized carbons (Fsp3) is 0.500. The predicted molar refractivity (Wildman–Crippen MR) is 44.5 cm³/mol. The van der Waals surface area contributed by atoms with E-state index in [1.165, 1.54) is 4.90 Å². The normalized spacial score (nSPS) is 10.2. The Morgan fingerprint density at radius 2 is 2.30 bits per heavy atom. The third kappa shape index (κ3) is 1.81. The van der Waals surface area contributed by atoms with Gasteiger partial charge in [-0.05, 0) is 11.8 Å². The number of rotatable bonds is 3. The fourth-order valence-electron chi connectivity index (χ4n) is 0.788. The lowest BCUT2D eigenvalue weighted by Crippen LogP contribution is -1.69.